The van der Waals surface area contributed by atoms with E-state index in [2.05, 4.69) is 12.1 Å². The van der Waals surface area contributed by atoms with Gasteiger partial charge in [0.2, 0.25) is 0 Å². The van der Waals surface area contributed by atoms with Gasteiger partial charge in [-0.3, -0.25) is 0 Å². The van der Waals surface area contributed by atoms with Crippen molar-refractivity contribution in [2.24, 2.45) is 0 Å². The van der Waals surface area contributed by atoms with Crippen LogP contribution in [-0.2, 0) is 6.42 Å². The molecule has 0 amide bonds. The zero-order valence-corrected chi connectivity index (χ0v) is 11.5. The minimum atomic E-state index is -0.919. The summed E-state index contributed by atoms with van der Waals surface area (Å²) in [7, 11) is 0. The highest BCUT2D eigenvalue weighted by Gasteiger charge is 2.08. The van der Waals surface area contributed by atoms with Crippen LogP contribution in [0.15, 0.2) is 48.5 Å². The average molecular weight is 270 g/mol. The Hall–Kier alpha value is -2.29. The Morgan fingerprint density at radius 3 is 2.60 bits per heavy atom. The van der Waals surface area contributed by atoms with Crippen LogP contribution in [0.1, 0.15) is 27.9 Å². The molecule has 0 saturated heterocycles. The van der Waals surface area contributed by atoms with Crippen molar-refractivity contribution in [3.63, 3.8) is 0 Å². The van der Waals surface area contributed by atoms with E-state index < -0.39 is 5.97 Å². The lowest BCUT2D eigenvalue weighted by atomic mass is 10.1. The van der Waals surface area contributed by atoms with Gasteiger partial charge in [0.05, 0.1) is 12.2 Å². The molecule has 0 fully saturated rings. The van der Waals surface area contributed by atoms with Gasteiger partial charge in [0.1, 0.15) is 5.75 Å². The Bertz CT molecular complexity index is 576. The summed E-state index contributed by atoms with van der Waals surface area (Å²) in [4.78, 5) is 11.0. The number of aryl methyl sites for hydroxylation is 2. The Morgan fingerprint density at radius 1 is 1.15 bits per heavy atom. The Kier molecular flexibility index (Phi) is 4.77. The summed E-state index contributed by atoms with van der Waals surface area (Å²) in [5, 5.41) is 9.05. The first-order chi connectivity index (χ1) is 9.66. The Morgan fingerprint density at radius 2 is 1.90 bits per heavy atom. The minimum absolute atomic E-state index is 0.297. The van der Waals surface area contributed by atoms with Gasteiger partial charge in [-0.05, 0) is 43.0 Å². The van der Waals surface area contributed by atoms with E-state index in [4.69, 9.17) is 9.84 Å². The van der Waals surface area contributed by atoms with Crippen molar-refractivity contribution >= 4 is 5.97 Å². The molecule has 2 aromatic carbocycles. The number of carboxylic acid groups (broad SMARTS) is 1. The van der Waals surface area contributed by atoms with Crippen LogP contribution in [0.5, 0.6) is 5.75 Å². The van der Waals surface area contributed by atoms with Crippen molar-refractivity contribution in [2.45, 2.75) is 19.8 Å². The van der Waals surface area contributed by atoms with Crippen molar-refractivity contribution < 1.29 is 14.6 Å². The summed E-state index contributed by atoms with van der Waals surface area (Å²) < 4.78 is 5.61. The summed E-state index contributed by atoms with van der Waals surface area (Å²) in [6.07, 6.45) is 1.86. The van der Waals surface area contributed by atoms with Crippen LogP contribution in [0.3, 0.4) is 0 Å². The van der Waals surface area contributed by atoms with Crippen molar-refractivity contribution in [1.82, 2.24) is 0 Å². The molecule has 0 aliphatic heterocycles. The van der Waals surface area contributed by atoms with Crippen LogP contribution in [0.2, 0.25) is 0 Å². The third kappa shape index (κ3) is 3.85. The summed E-state index contributed by atoms with van der Waals surface area (Å²) >= 11 is 0. The van der Waals surface area contributed by atoms with Crippen LogP contribution in [0.4, 0.5) is 0 Å². The predicted octanol–water partition coefficient (Wildman–Crippen LogP) is 3.70. The van der Waals surface area contributed by atoms with Gasteiger partial charge >= 0.3 is 5.97 Å². The summed E-state index contributed by atoms with van der Waals surface area (Å²) in [5.41, 5.74) is 2.32. The first kappa shape index (κ1) is 14.1. The second kappa shape index (κ2) is 6.75. The molecule has 0 saturated carbocycles. The minimum Gasteiger partial charge on any atom is -0.494 e. The second-order valence-corrected chi connectivity index (χ2v) is 4.72. The summed E-state index contributed by atoms with van der Waals surface area (Å²) in [6, 6.07) is 15.4. The van der Waals surface area contributed by atoms with Gasteiger partial charge in [0.15, 0.2) is 0 Å². The van der Waals surface area contributed by atoms with Crippen LogP contribution in [-0.4, -0.2) is 17.7 Å². The van der Waals surface area contributed by atoms with Crippen molar-refractivity contribution in [3.05, 3.63) is 65.2 Å². The van der Waals surface area contributed by atoms with Crippen LogP contribution in [0, 0.1) is 6.92 Å². The van der Waals surface area contributed by atoms with Gasteiger partial charge in [-0.15, -0.1) is 0 Å². The normalized spacial score (nSPS) is 10.2. The molecule has 1 N–H and O–H groups in total. The van der Waals surface area contributed by atoms with Gasteiger partial charge in [0, 0.05) is 0 Å². The highest BCUT2D eigenvalue weighted by atomic mass is 16.5. The standard InChI is InChI=1S/C17H18O3/c1-13-9-10-15(12-16(13)17(18)19)20-11-5-8-14-6-3-2-4-7-14/h2-4,6-7,9-10,12H,5,8,11H2,1H3,(H,18,19). The third-order valence-corrected chi connectivity index (χ3v) is 3.16. The fourth-order valence-corrected chi connectivity index (χ4v) is 2.03. The molecule has 0 spiro atoms. The van der Waals surface area contributed by atoms with E-state index in [1.54, 1.807) is 19.1 Å². The number of carboxylic acids is 1. The zero-order chi connectivity index (χ0) is 14.4. The molecule has 20 heavy (non-hydrogen) atoms. The fourth-order valence-electron chi connectivity index (χ4n) is 2.03. The lowest BCUT2D eigenvalue weighted by Crippen LogP contribution is -2.03. The number of rotatable bonds is 6. The maximum atomic E-state index is 11.0. The molecular formula is C17H18O3. The molecule has 2 rings (SSSR count). The molecule has 3 heteroatoms. The Labute approximate surface area is 118 Å². The lowest BCUT2D eigenvalue weighted by Gasteiger charge is -2.08. The molecule has 0 heterocycles. The number of hydrogen-bond acceptors (Lipinski definition) is 2. The van der Waals surface area contributed by atoms with Crippen LogP contribution < -0.4 is 4.74 Å². The van der Waals surface area contributed by atoms with Crippen LogP contribution >= 0.6 is 0 Å². The van der Waals surface area contributed by atoms with E-state index in [0.29, 0.717) is 17.9 Å². The number of carbonyl (C=O) groups is 1. The quantitative estimate of drug-likeness (QED) is 0.814. The molecule has 104 valence electrons. The SMILES string of the molecule is Cc1ccc(OCCCc2ccccc2)cc1C(=O)O. The number of benzene rings is 2. The van der Waals surface area contributed by atoms with E-state index in [1.165, 1.54) is 5.56 Å². The lowest BCUT2D eigenvalue weighted by molar-refractivity contribution is 0.0695. The molecule has 0 atom stereocenters. The molecule has 3 nitrogen and oxygen atoms in total. The molecule has 0 aromatic heterocycles. The average Bonchev–Trinajstić information content (AvgIpc) is 2.46. The molecular weight excluding hydrogens is 252 g/mol. The van der Waals surface area contributed by atoms with E-state index in [9.17, 15) is 4.79 Å². The largest absolute Gasteiger partial charge is 0.494 e. The van der Waals surface area contributed by atoms with E-state index in [1.807, 2.05) is 24.3 Å². The van der Waals surface area contributed by atoms with Crippen LogP contribution in [0.25, 0.3) is 0 Å². The van der Waals surface area contributed by atoms with Gasteiger partial charge in [-0.1, -0.05) is 36.4 Å². The topological polar surface area (TPSA) is 46.5 Å². The summed E-state index contributed by atoms with van der Waals surface area (Å²) in [5.74, 6) is -0.307. The van der Waals surface area contributed by atoms with Crippen molar-refractivity contribution in [1.29, 1.82) is 0 Å². The van der Waals surface area contributed by atoms with E-state index >= 15 is 0 Å². The van der Waals surface area contributed by atoms with Crippen molar-refractivity contribution in [2.75, 3.05) is 6.61 Å². The Balaban J connectivity index is 1.85. The maximum absolute atomic E-state index is 11.0. The molecule has 0 bridgehead atoms. The van der Waals surface area contributed by atoms with Gasteiger partial charge in [-0.2, -0.15) is 0 Å². The second-order valence-electron chi connectivity index (χ2n) is 4.72. The maximum Gasteiger partial charge on any atom is 0.336 e. The van der Waals surface area contributed by atoms with Gasteiger partial charge < -0.3 is 9.84 Å². The molecule has 0 aliphatic carbocycles. The van der Waals surface area contributed by atoms with Gasteiger partial charge in [0.25, 0.3) is 0 Å². The van der Waals surface area contributed by atoms with Gasteiger partial charge in [-0.25, -0.2) is 4.79 Å². The molecule has 0 unspecified atom stereocenters. The molecule has 0 aliphatic rings. The monoisotopic (exact) mass is 270 g/mol. The third-order valence-electron chi connectivity index (χ3n) is 3.16. The number of ether oxygens (including phenoxy) is 1. The molecule has 2 aromatic rings. The predicted molar refractivity (Wildman–Crippen MR) is 78.4 cm³/mol. The first-order valence-electron chi connectivity index (χ1n) is 6.67. The number of hydrogen-bond donors (Lipinski definition) is 1. The number of aromatic carboxylic acids is 1. The van der Waals surface area contributed by atoms with E-state index in [0.717, 1.165) is 18.4 Å². The van der Waals surface area contributed by atoms with Crippen molar-refractivity contribution in [3.8, 4) is 5.75 Å². The highest BCUT2D eigenvalue weighted by molar-refractivity contribution is 5.89. The smallest absolute Gasteiger partial charge is 0.336 e. The summed E-state index contributed by atoms with van der Waals surface area (Å²) in [6.45, 7) is 2.36. The highest BCUT2D eigenvalue weighted by Crippen LogP contribution is 2.17. The first-order valence-corrected chi connectivity index (χ1v) is 6.67. The van der Waals surface area contributed by atoms with E-state index in [-0.39, 0.29) is 0 Å². The molecule has 0 radical (unpaired) electrons. The fraction of sp³-hybridized carbons (Fsp3) is 0.235. The zero-order valence-electron chi connectivity index (χ0n) is 11.5.